The van der Waals surface area contributed by atoms with Crippen molar-refractivity contribution in [3.63, 3.8) is 0 Å². The third-order valence-electron chi connectivity index (χ3n) is 7.00. The molecule has 2 aliphatic carbocycles. The van der Waals surface area contributed by atoms with E-state index in [9.17, 15) is 4.79 Å². The number of hydrogen-bond donors (Lipinski definition) is 1. The van der Waals surface area contributed by atoms with Crippen LogP contribution >= 0.6 is 0 Å². The van der Waals surface area contributed by atoms with E-state index in [1.165, 1.54) is 37.7 Å². The number of benzene rings is 1. The van der Waals surface area contributed by atoms with Crippen LogP contribution in [0.4, 0.5) is 0 Å². The van der Waals surface area contributed by atoms with Gasteiger partial charge in [0, 0.05) is 0 Å². The average Bonchev–Trinajstić information content (AvgIpc) is 2.57. The molecule has 2 fully saturated rings. The smallest absolute Gasteiger partial charge is 0.311 e. The Hall–Kier alpha value is -1.35. The van der Waals surface area contributed by atoms with Gasteiger partial charge in [-0.1, -0.05) is 46.8 Å². The van der Waals surface area contributed by atoms with E-state index in [2.05, 4.69) is 46.8 Å². The van der Waals surface area contributed by atoms with E-state index in [1.807, 2.05) is 12.1 Å². The minimum Gasteiger partial charge on any atom is -0.427 e. The maximum Gasteiger partial charge on any atom is 0.311 e. The molecule has 29 heavy (non-hydrogen) atoms. The van der Waals surface area contributed by atoms with Crippen LogP contribution in [0, 0.1) is 28.6 Å². The molecule has 0 heterocycles. The fraction of sp³-hybridized carbons (Fsp3) is 0.731. The lowest BCUT2D eigenvalue weighted by atomic mass is 9.58. The van der Waals surface area contributed by atoms with Crippen LogP contribution < -0.4 is 10.5 Å². The Morgan fingerprint density at radius 3 is 2.24 bits per heavy atom. The number of nitrogens with two attached hydrogens (primary N) is 1. The normalized spacial score (nSPS) is 30.6. The largest absolute Gasteiger partial charge is 0.427 e. The fourth-order valence-corrected chi connectivity index (χ4v) is 6.25. The standard InChI is InChI=1S/C26H41NO2/c1-18-10-19-12-20(11-18)14-26(5,13-19)16-24(28)29-23-8-6-21(7-9-23)22(17-27)15-25(2,3)4/h6-9,18-20,22H,10-17,27H2,1-5H3. The average molecular weight is 400 g/mol. The van der Waals surface area contributed by atoms with Crippen LogP contribution in [0.15, 0.2) is 24.3 Å². The minimum absolute atomic E-state index is 0.0849. The second-order valence-corrected chi connectivity index (χ2v) is 11.7. The first-order valence-electron chi connectivity index (χ1n) is 11.6. The van der Waals surface area contributed by atoms with Gasteiger partial charge >= 0.3 is 5.97 Å². The second kappa shape index (κ2) is 8.79. The minimum atomic E-state index is -0.0849. The van der Waals surface area contributed by atoms with E-state index in [4.69, 9.17) is 10.5 Å². The van der Waals surface area contributed by atoms with Gasteiger partial charge in [0.05, 0.1) is 6.42 Å². The predicted octanol–water partition coefficient (Wildman–Crippen LogP) is 6.31. The van der Waals surface area contributed by atoms with E-state index in [1.54, 1.807) is 0 Å². The molecule has 2 N–H and O–H groups in total. The van der Waals surface area contributed by atoms with Crippen molar-refractivity contribution in [3.8, 4) is 5.75 Å². The molecule has 162 valence electrons. The highest BCUT2D eigenvalue weighted by atomic mass is 16.5. The molecule has 0 radical (unpaired) electrons. The van der Waals surface area contributed by atoms with Crippen molar-refractivity contribution < 1.29 is 9.53 Å². The van der Waals surface area contributed by atoms with Gasteiger partial charge in [0.25, 0.3) is 0 Å². The maximum absolute atomic E-state index is 12.7. The summed E-state index contributed by atoms with van der Waals surface area (Å²) in [4.78, 5) is 12.7. The van der Waals surface area contributed by atoms with E-state index in [0.717, 1.165) is 24.2 Å². The van der Waals surface area contributed by atoms with Crippen molar-refractivity contribution in [2.75, 3.05) is 6.54 Å². The van der Waals surface area contributed by atoms with Gasteiger partial charge in [-0.15, -0.1) is 0 Å². The Morgan fingerprint density at radius 1 is 1.14 bits per heavy atom. The molecule has 0 saturated heterocycles. The Morgan fingerprint density at radius 2 is 1.72 bits per heavy atom. The van der Waals surface area contributed by atoms with E-state index in [0.29, 0.717) is 24.6 Å². The number of ether oxygens (including phenoxy) is 1. The van der Waals surface area contributed by atoms with Crippen LogP contribution in [-0.2, 0) is 4.79 Å². The molecule has 0 aliphatic heterocycles. The number of fused-ring (bicyclic) bond motifs is 2. The third kappa shape index (κ3) is 6.31. The summed E-state index contributed by atoms with van der Waals surface area (Å²) in [5, 5.41) is 0. The third-order valence-corrected chi connectivity index (χ3v) is 7.00. The van der Waals surface area contributed by atoms with Crippen LogP contribution in [0.2, 0.25) is 0 Å². The van der Waals surface area contributed by atoms with Gasteiger partial charge in [0.2, 0.25) is 0 Å². The van der Waals surface area contributed by atoms with Crippen LogP contribution in [0.1, 0.15) is 91.0 Å². The van der Waals surface area contributed by atoms with Crippen molar-refractivity contribution in [1.82, 2.24) is 0 Å². The van der Waals surface area contributed by atoms with E-state index < -0.39 is 0 Å². The van der Waals surface area contributed by atoms with E-state index in [-0.39, 0.29) is 16.8 Å². The highest BCUT2D eigenvalue weighted by molar-refractivity contribution is 5.73. The van der Waals surface area contributed by atoms with Crippen LogP contribution in [0.25, 0.3) is 0 Å². The lowest BCUT2D eigenvalue weighted by Crippen LogP contribution is -2.38. The molecule has 0 aromatic heterocycles. The zero-order valence-corrected chi connectivity index (χ0v) is 19.2. The highest BCUT2D eigenvalue weighted by Crippen LogP contribution is 2.51. The van der Waals surface area contributed by atoms with Crippen molar-refractivity contribution in [2.45, 2.75) is 85.5 Å². The molecule has 3 heteroatoms. The van der Waals surface area contributed by atoms with Crippen LogP contribution in [-0.4, -0.2) is 12.5 Å². The van der Waals surface area contributed by atoms with Crippen LogP contribution in [0.5, 0.6) is 5.75 Å². The molecule has 0 spiro atoms. The molecule has 3 unspecified atom stereocenters. The van der Waals surface area contributed by atoms with Crippen molar-refractivity contribution in [2.24, 2.45) is 34.3 Å². The first kappa shape index (κ1) is 22.3. The van der Waals surface area contributed by atoms with Crippen molar-refractivity contribution in [3.05, 3.63) is 29.8 Å². The number of esters is 1. The molecule has 2 aliphatic rings. The summed E-state index contributed by atoms with van der Waals surface area (Å²) in [6.45, 7) is 12.0. The maximum atomic E-state index is 12.7. The number of rotatable bonds is 6. The highest BCUT2D eigenvalue weighted by Gasteiger charge is 2.42. The summed E-state index contributed by atoms with van der Waals surface area (Å²) in [5.74, 6) is 3.35. The van der Waals surface area contributed by atoms with Crippen molar-refractivity contribution in [1.29, 1.82) is 0 Å². The molecule has 1 aromatic rings. The van der Waals surface area contributed by atoms with Crippen molar-refractivity contribution >= 4 is 5.97 Å². The lowest BCUT2D eigenvalue weighted by Gasteiger charge is -2.47. The summed E-state index contributed by atoms with van der Waals surface area (Å²) >= 11 is 0. The molecule has 3 rings (SSSR count). The molecule has 3 nitrogen and oxygen atoms in total. The monoisotopic (exact) mass is 399 g/mol. The first-order valence-corrected chi connectivity index (χ1v) is 11.6. The van der Waals surface area contributed by atoms with Crippen LogP contribution in [0.3, 0.4) is 0 Å². The number of carbonyl (C=O) groups is 1. The summed E-state index contributed by atoms with van der Waals surface area (Å²) in [6, 6.07) is 8.00. The quantitative estimate of drug-likeness (QED) is 0.450. The van der Waals surface area contributed by atoms with Gasteiger partial charge in [-0.3, -0.25) is 4.79 Å². The topological polar surface area (TPSA) is 52.3 Å². The fourth-order valence-electron chi connectivity index (χ4n) is 6.25. The van der Waals surface area contributed by atoms with E-state index >= 15 is 0 Å². The summed E-state index contributed by atoms with van der Waals surface area (Å²) < 4.78 is 5.72. The lowest BCUT2D eigenvalue weighted by molar-refractivity contribution is -0.138. The molecule has 2 saturated carbocycles. The summed E-state index contributed by atoms with van der Waals surface area (Å²) in [7, 11) is 0. The molecular weight excluding hydrogens is 358 g/mol. The Balaban J connectivity index is 1.57. The molecule has 0 amide bonds. The first-order chi connectivity index (χ1) is 13.5. The van der Waals surface area contributed by atoms with Gasteiger partial charge in [0.1, 0.15) is 5.75 Å². The van der Waals surface area contributed by atoms with Gasteiger partial charge < -0.3 is 10.5 Å². The SMILES string of the molecule is CC1CC2CC(C1)CC(C)(CC(=O)Oc1ccc(C(CN)CC(C)(C)C)cc1)C2. The Labute approximate surface area is 177 Å². The molecule has 1 aromatic carbocycles. The predicted molar refractivity (Wildman–Crippen MR) is 120 cm³/mol. The Bertz CT molecular complexity index is 670. The summed E-state index contributed by atoms with van der Waals surface area (Å²) in [5.41, 5.74) is 7.57. The number of carbonyl (C=O) groups excluding carboxylic acids is 1. The number of hydrogen-bond acceptors (Lipinski definition) is 3. The van der Waals surface area contributed by atoms with Gasteiger partial charge in [-0.2, -0.15) is 0 Å². The molecule has 3 atom stereocenters. The zero-order chi connectivity index (χ0) is 21.2. The summed E-state index contributed by atoms with van der Waals surface area (Å²) in [6.07, 6.45) is 7.96. The molecule has 2 bridgehead atoms. The van der Waals surface area contributed by atoms with Gasteiger partial charge in [-0.05, 0) is 97.3 Å². The molecular formula is C26H41NO2. The van der Waals surface area contributed by atoms with Gasteiger partial charge in [-0.25, -0.2) is 0 Å². The van der Waals surface area contributed by atoms with Gasteiger partial charge in [0.15, 0.2) is 0 Å². The Kier molecular flexibility index (Phi) is 6.77. The second-order valence-electron chi connectivity index (χ2n) is 11.7. The zero-order valence-electron chi connectivity index (χ0n) is 19.2.